The van der Waals surface area contributed by atoms with Crippen molar-refractivity contribution < 1.29 is 4.79 Å². The summed E-state index contributed by atoms with van der Waals surface area (Å²) < 4.78 is 1.82. The Kier molecular flexibility index (Phi) is 4.38. The zero-order valence-corrected chi connectivity index (χ0v) is 12.7. The summed E-state index contributed by atoms with van der Waals surface area (Å²) in [6.45, 7) is 6.24. The van der Waals surface area contributed by atoms with Crippen molar-refractivity contribution in [2.24, 2.45) is 7.05 Å². The number of aryl methyl sites for hydroxylation is 4. The van der Waals surface area contributed by atoms with Gasteiger partial charge in [0.25, 0.3) is 0 Å². The number of rotatable bonds is 5. The lowest BCUT2D eigenvalue weighted by Gasteiger charge is -2.05. The van der Waals surface area contributed by atoms with E-state index in [9.17, 15) is 4.79 Å². The molecule has 20 heavy (non-hydrogen) atoms. The van der Waals surface area contributed by atoms with Gasteiger partial charge in [-0.2, -0.15) is 5.10 Å². The second kappa shape index (κ2) is 6.04. The molecule has 0 aliphatic rings. The van der Waals surface area contributed by atoms with E-state index in [1.807, 2.05) is 23.9 Å². The fourth-order valence-electron chi connectivity index (χ4n) is 2.32. The Morgan fingerprint density at radius 1 is 1.15 bits per heavy atom. The fraction of sp³-hybridized carbons (Fsp3) is 0.412. The minimum atomic E-state index is 0.235. The number of carbonyl (C=O) groups is 1. The molecule has 0 N–H and O–H groups in total. The van der Waals surface area contributed by atoms with E-state index in [-0.39, 0.29) is 5.78 Å². The quantitative estimate of drug-likeness (QED) is 0.837. The number of aromatic nitrogens is 2. The second-order valence-electron chi connectivity index (χ2n) is 5.42. The average molecular weight is 270 g/mol. The number of Topliss-reactive ketones (excluding diaryl/α,β-unsaturated/α-hetero) is 1. The van der Waals surface area contributed by atoms with Crippen LogP contribution in [0.4, 0.5) is 0 Å². The van der Waals surface area contributed by atoms with Crippen molar-refractivity contribution in [3.63, 3.8) is 0 Å². The van der Waals surface area contributed by atoms with Gasteiger partial charge in [0.2, 0.25) is 0 Å². The highest BCUT2D eigenvalue weighted by atomic mass is 16.1. The van der Waals surface area contributed by atoms with E-state index < -0.39 is 0 Å². The highest BCUT2D eigenvalue weighted by molar-refractivity contribution is 5.82. The van der Waals surface area contributed by atoms with Crippen LogP contribution in [-0.4, -0.2) is 15.6 Å². The molecule has 2 aromatic rings. The third-order valence-electron chi connectivity index (χ3n) is 3.74. The number of carbonyl (C=O) groups excluding carboxylic acids is 1. The Morgan fingerprint density at radius 2 is 1.90 bits per heavy atom. The molecule has 0 fully saturated rings. The molecule has 3 nitrogen and oxygen atoms in total. The van der Waals surface area contributed by atoms with Gasteiger partial charge >= 0.3 is 0 Å². The summed E-state index contributed by atoms with van der Waals surface area (Å²) in [6.07, 6.45) is 1.85. The maximum atomic E-state index is 12.2. The van der Waals surface area contributed by atoms with Crippen LogP contribution in [0.25, 0.3) is 0 Å². The van der Waals surface area contributed by atoms with Crippen LogP contribution in [0.2, 0.25) is 0 Å². The summed E-state index contributed by atoms with van der Waals surface area (Å²) in [5.41, 5.74) is 5.64. The molecule has 1 aromatic carbocycles. The van der Waals surface area contributed by atoms with Crippen LogP contribution in [0.5, 0.6) is 0 Å². The zero-order valence-electron chi connectivity index (χ0n) is 12.7. The van der Waals surface area contributed by atoms with E-state index in [2.05, 4.69) is 38.0 Å². The van der Waals surface area contributed by atoms with Gasteiger partial charge in [0.05, 0.1) is 5.69 Å². The van der Waals surface area contributed by atoms with Crippen LogP contribution in [-0.2, 0) is 31.1 Å². The third-order valence-corrected chi connectivity index (χ3v) is 3.74. The largest absolute Gasteiger partial charge is 0.299 e. The highest BCUT2D eigenvalue weighted by Gasteiger charge is 2.10. The Morgan fingerprint density at radius 3 is 2.50 bits per heavy atom. The van der Waals surface area contributed by atoms with Crippen molar-refractivity contribution in [3.8, 4) is 0 Å². The lowest BCUT2D eigenvalue weighted by molar-refractivity contribution is -0.117. The van der Waals surface area contributed by atoms with Gasteiger partial charge in [-0.15, -0.1) is 0 Å². The van der Waals surface area contributed by atoms with Crippen LogP contribution in [0.3, 0.4) is 0 Å². The molecule has 0 saturated carbocycles. The predicted octanol–water partition coefficient (Wildman–Crippen LogP) is 2.95. The number of ketones is 1. The first-order valence-electron chi connectivity index (χ1n) is 7.09. The smallest absolute Gasteiger partial charge is 0.143 e. The number of hydrogen-bond donors (Lipinski definition) is 0. The zero-order chi connectivity index (χ0) is 14.7. The summed E-state index contributed by atoms with van der Waals surface area (Å²) in [6, 6.07) is 8.25. The van der Waals surface area contributed by atoms with Crippen LogP contribution >= 0.6 is 0 Å². The minimum Gasteiger partial charge on any atom is -0.299 e. The molecule has 2 rings (SSSR count). The van der Waals surface area contributed by atoms with Gasteiger partial charge in [-0.25, -0.2) is 0 Å². The SMILES string of the molecule is CCc1cc(CC(=O)Cc2ccc(C)c(C)c2)n(C)n1. The number of nitrogens with zero attached hydrogens (tertiary/aromatic N) is 2. The van der Waals surface area contributed by atoms with Gasteiger partial charge in [-0.3, -0.25) is 9.48 Å². The monoisotopic (exact) mass is 270 g/mol. The van der Waals surface area contributed by atoms with E-state index >= 15 is 0 Å². The number of hydrogen-bond acceptors (Lipinski definition) is 2. The van der Waals surface area contributed by atoms with Crippen molar-refractivity contribution in [1.82, 2.24) is 9.78 Å². The molecule has 0 saturated heterocycles. The maximum absolute atomic E-state index is 12.2. The molecule has 106 valence electrons. The normalized spacial score (nSPS) is 10.8. The molecular weight excluding hydrogens is 248 g/mol. The average Bonchev–Trinajstić information content (AvgIpc) is 2.74. The highest BCUT2D eigenvalue weighted by Crippen LogP contribution is 2.12. The first kappa shape index (κ1) is 14.5. The van der Waals surface area contributed by atoms with E-state index in [4.69, 9.17) is 0 Å². The molecule has 0 amide bonds. The molecule has 0 unspecified atom stereocenters. The standard InChI is InChI=1S/C17H22N2O/c1-5-15-10-16(19(4)18-15)11-17(20)9-14-7-6-12(2)13(3)8-14/h6-8,10H,5,9,11H2,1-4H3. The molecule has 3 heteroatoms. The summed E-state index contributed by atoms with van der Waals surface area (Å²) >= 11 is 0. The predicted molar refractivity (Wildman–Crippen MR) is 80.9 cm³/mol. The molecule has 0 spiro atoms. The van der Waals surface area contributed by atoms with Gasteiger partial charge in [0.1, 0.15) is 5.78 Å². The van der Waals surface area contributed by atoms with E-state index in [1.54, 1.807) is 0 Å². The van der Waals surface area contributed by atoms with Crippen LogP contribution in [0.15, 0.2) is 24.3 Å². The maximum Gasteiger partial charge on any atom is 0.143 e. The number of benzene rings is 1. The van der Waals surface area contributed by atoms with E-state index in [0.29, 0.717) is 12.8 Å². The van der Waals surface area contributed by atoms with Crippen molar-refractivity contribution in [1.29, 1.82) is 0 Å². The van der Waals surface area contributed by atoms with Gasteiger partial charge in [-0.1, -0.05) is 25.1 Å². The van der Waals surface area contributed by atoms with Gasteiger partial charge in [0.15, 0.2) is 0 Å². The van der Waals surface area contributed by atoms with Gasteiger partial charge in [0, 0.05) is 25.6 Å². The Labute approximate surface area is 120 Å². The van der Waals surface area contributed by atoms with E-state index in [1.165, 1.54) is 11.1 Å². The molecule has 0 bridgehead atoms. The molecule has 0 radical (unpaired) electrons. The van der Waals surface area contributed by atoms with Crippen molar-refractivity contribution >= 4 is 5.78 Å². The molecule has 1 heterocycles. The van der Waals surface area contributed by atoms with Crippen molar-refractivity contribution in [2.45, 2.75) is 40.0 Å². The Balaban J connectivity index is 2.04. The lowest BCUT2D eigenvalue weighted by Crippen LogP contribution is -2.10. The summed E-state index contributed by atoms with van der Waals surface area (Å²) in [7, 11) is 1.90. The van der Waals surface area contributed by atoms with Crippen LogP contribution < -0.4 is 0 Å². The topological polar surface area (TPSA) is 34.9 Å². The molecule has 1 aromatic heterocycles. The minimum absolute atomic E-state index is 0.235. The fourth-order valence-corrected chi connectivity index (χ4v) is 2.32. The first-order chi connectivity index (χ1) is 9.49. The van der Waals surface area contributed by atoms with Crippen LogP contribution in [0, 0.1) is 13.8 Å². The second-order valence-corrected chi connectivity index (χ2v) is 5.42. The van der Waals surface area contributed by atoms with Crippen molar-refractivity contribution in [2.75, 3.05) is 0 Å². The third kappa shape index (κ3) is 3.35. The summed E-state index contributed by atoms with van der Waals surface area (Å²) in [5.74, 6) is 0.235. The molecular formula is C17H22N2O. The Bertz CT molecular complexity index is 626. The summed E-state index contributed by atoms with van der Waals surface area (Å²) in [5, 5.41) is 4.38. The molecule has 0 aliphatic heterocycles. The van der Waals surface area contributed by atoms with E-state index in [0.717, 1.165) is 23.4 Å². The summed E-state index contributed by atoms with van der Waals surface area (Å²) in [4.78, 5) is 12.2. The lowest BCUT2D eigenvalue weighted by atomic mass is 10.0. The first-order valence-corrected chi connectivity index (χ1v) is 7.09. The van der Waals surface area contributed by atoms with Crippen LogP contribution in [0.1, 0.15) is 35.0 Å². The van der Waals surface area contributed by atoms with Gasteiger partial charge in [-0.05, 0) is 43.0 Å². The van der Waals surface area contributed by atoms with Gasteiger partial charge < -0.3 is 0 Å². The van der Waals surface area contributed by atoms with Crippen molar-refractivity contribution in [3.05, 3.63) is 52.3 Å². The Hall–Kier alpha value is -1.90. The molecule has 0 aliphatic carbocycles. The molecule has 0 atom stereocenters.